The van der Waals surface area contributed by atoms with Crippen LogP contribution in [-0.2, 0) is 16.1 Å². The van der Waals surface area contributed by atoms with Crippen LogP contribution in [0.2, 0.25) is 0 Å². The molecule has 1 aromatic carbocycles. The first-order valence-corrected chi connectivity index (χ1v) is 9.25. The molecule has 0 unspecified atom stereocenters. The number of primary amides is 1. The van der Waals surface area contributed by atoms with Gasteiger partial charge in [0.1, 0.15) is 42.6 Å². The molecule has 0 saturated carbocycles. The summed E-state index contributed by atoms with van der Waals surface area (Å²) in [5, 5.41) is 11.4. The summed E-state index contributed by atoms with van der Waals surface area (Å²) >= 11 is 0. The number of hydrogen-bond donors (Lipinski definition) is 2. The van der Waals surface area contributed by atoms with E-state index in [1.165, 1.54) is 12.3 Å². The van der Waals surface area contributed by atoms with Crippen molar-refractivity contribution in [1.29, 1.82) is 0 Å². The molecule has 0 fully saturated rings. The topological polar surface area (TPSA) is 134 Å². The Morgan fingerprint density at radius 2 is 2.10 bits per heavy atom. The number of hydrogen-bond acceptors (Lipinski definition) is 8. The van der Waals surface area contributed by atoms with Crippen LogP contribution >= 0.6 is 0 Å². The monoisotopic (exact) mass is 423 g/mol. The van der Waals surface area contributed by atoms with Crippen LogP contribution in [0.3, 0.4) is 0 Å². The molecule has 1 amide bonds. The Hall–Kier alpha value is -4.12. The van der Waals surface area contributed by atoms with Crippen LogP contribution in [0.5, 0.6) is 0 Å². The molecule has 0 aliphatic heterocycles. The lowest BCUT2D eigenvalue weighted by molar-refractivity contribution is -0.122. The minimum absolute atomic E-state index is 0.0469. The molecule has 3 heterocycles. The van der Waals surface area contributed by atoms with Gasteiger partial charge in [-0.15, -0.1) is 0 Å². The minimum atomic E-state index is -0.564. The van der Waals surface area contributed by atoms with Crippen LogP contribution in [0, 0.1) is 5.82 Å². The molecular weight excluding hydrogens is 405 g/mol. The van der Waals surface area contributed by atoms with E-state index in [0.717, 1.165) is 0 Å². The Labute approximate surface area is 175 Å². The van der Waals surface area contributed by atoms with Crippen molar-refractivity contribution in [3.63, 3.8) is 0 Å². The van der Waals surface area contributed by atoms with Crippen molar-refractivity contribution in [2.45, 2.75) is 6.54 Å². The van der Waals surface area contributed by atoms with Crippen molar-refractivity contribution in [1.82, 2.24) is 24.9 Å². The fraction of sp³-hybridized carbons (Fsp3) is 0.150. The molecule has 4 rings (SSSR count). The first kappa shape index (κ1) is 20.2. The standard InChI is InChI=1S/C20H18FN7O3/c21-14-4-2-1-3-13(14)10-28-17(15-6-8-31-27-15)9-16(26-28)20-23-7-5-19(25-20)24-12-30-11-18(22)29/h1-9H,10-12H2,(H2,22,29)(H,23,24,25). The van der Waals surface area contributed by atoms with Crippen molar-refractivity contribution in [3.05, 3.63) is 66.3 Å². The number of ether oxygens (including phenoxy) is 1. The summed E-state index contributed by atoms with van der Waals surface area (Å²) in [6.45, 7) is 0.0333. The van der Waals surface area contributed by atoms with E-state index >= 15 is 0 Å². The fourth-order valence-corrected chi connectivity index (χ4v) is 2.84. The molecule has 3 aromatic heterocycles. The van der Waals surface area contributed by atoms with Gasteiger partial charge >= 0.3 is 0 Å². The molecule has 31 heavy (non-hydrogen) atoms. The number of rotatable bonds is 9. The van der Waals surface area contributed by atoms with Gasteiger partial charge in [0.25, 0.3) is 0 Å². The van der Waals surface area contributed by atoms with Crippen molar-refractivity contribution in [2.75, 3.05) is 18.7 Å². The van der Waals surface area contributed by atoms with Crippen molar-refractivity contribution in [2.24, 2.45) is 5.73 Å². The molecule has 0 bridgehead atoms. The molecule has 158 valence electrons. The molecule has 10 nitrogen and oxygen atoms in total. The third kappa shape index (κ3) is 4.90. The van der Waals surface area contributed by atoms with Crippen LogP contribution in [0.1, 0.15) is 5.56 Å². The summed E-state index contributed by atoms with van der Waals surface area (Å²) in [4.78, 5) is 19.4. The van der Waals surface area contributed by atoms with Gasteiger partial charge in [0.05, 0.1) is 12.2 Å². The number of amides is 1. The molecule has 0 atom stereocenters. The lowest BCUT2D eigenvalue weighted by Crippen LogP contribution is -2.20. The molecular formula is C20H18FN7O3. The Kier molecular flexibility index (Phi) is 5.94. The Bertz CT molecular complexity index is 1180. The summed E-state index contributed by atoms with van der Waals surface area (Å²) in [5.41, 5.74) is 7.14. The molecule has 11 heteroatoms. The second-order valence-electron chi connectivity index (χ2n) is 6.45. The number of carbonyl (C=O) groups is 1. The molecule has 4 aromatic rings. The van der Waals surface area contributed by atoms with E-state index in [9.17, 15) is 9.18 Å². The molecule has 0 aliphatic rings. The van der Waals surface area contributed by atoms with E-state index in [2.05, 4.69) is 25.5 Å². The summed E-state index contributed by atoms with van der Waals surface area (Å²) in [5.74, 6) is -0.0759. The van der Waals surface area contributed by atoms with Crippen LogP contribution in [-0.4, -0.2) is 44.1 Å². The second kappa shape index (κ2) is 9.13. The number of anilines is 1. The third-order valence-electron chi connectivity index (χ3n) is 4.24. The van der Waals surface area contributed by atoms with Gasteiger partial charge in [0.15, 0.2) is 5.82 Å². The zero-order valence-corrected chi connectivity index (χ0v) is 16.2. The average Bonchev–Trinajstić information content (AvgIpc) is 3.43. The number of nitrogens with one attached hydrogen (secondary N) is 1. The first-order valence-electron chi connectivity index (χ1n) is 9.25. The van der Waals surface area contributed by atoms with E-state index < -0.39 is 5.91 Å². The van der Waals surface area contributed by atoms with Gasteiger partial charge in [-0.25, -0.2) is 14.4 Å². The Morgan fingerprint density at radius 1 is 1.23 bits per heavy atom. The molecule has 0 radical (unpaired) electrons. The Morgan fingerprint density at radius 3 is 2.87 bits per heavy atom. The highest BCUT2D eigenvalue weighted by Gasteiger charge is 2.17. The average molecular weight is 423 g/mol. The number of halogens is 1. The van der Waals surface area contributed by atoms with Gasteiger partial charge in [0.2, 0.25) is 5.91 Å². The second-order valence-corrected chi connectivity index (χ2v) is 6.45. The molecule has 3 N–H and O–H groups in total. The van der Waals surface area contributed by atoms with Crippen molar-refractivity contribution in [3.8, 4) is 22.9 Å². The summed E-state index contributed by atoms with van der Waals surface area (Å²) < 4.78 is 25.8. The van der Waals surface area contributed by atoms with E-state index in [0.29, 0.717) is 34.3 Å². The summed E-state index contributed by atoms with van der Waals surface area (Å²) in [7, 11) is 0. The van der Waals surface area contributed by atoms with Crippen LogP contribution in [0.15, 0.2) is 59.4 Å². The van der Waals surface area contributed by atoms with Crippen LogP contribution in [0.25, 0.3) is 22.9 Å². The quantitative estimate of drug-likeness (QED) is 0.309. The zero-order valence-electron chi connectivity index (χ0n) is 16.2. The smallest absolute Gasteiger partial charge is 0.243 e. The van der Waals surface area contributed by atoms with Gasteiger partial charge in [-0.2, -0.15) is 5.10 Å². The maximum absolute atomic E-state index is 14.2. The number of carbonyl (C=O) groups excluding carboxylic acids is 1. The highest BCUT2D eigenvalue weighted by atomic mass is 19.1. The highest BCUT2D eigenvalue weighted by molar-refractivity contribution is 5.75. The fourth-order valence-electron chi connectivity index (χ4n) is 2.84. The summed E-state index contributed by atoms with van der Waals surface area (Å²) in [6, 6.07) is 11.6. The maximum Gasteiger partial charge on any atom is 0.243 e. The Balaban J connectivity index is 1.61. The van der Waals surface area contributed by atoms with E-state index in [-0.39, 0.29) is 25.7 Å². The lowest BCUT2D eigenvalue weighted by Gasteiger charge is -2.07. The number of nitrogens with zero attached hydrogens (tertiary/aromatic N) is 5. The summed E-state index contributed by atoms with van der Waals surface area (Å²) in [6.07, 6.45) is 3.01. The van der Waals surface area contributed by atoms with E-state index in [1.54, 1.807) is 47.3 Å². The van der Waals surface area contributed by atoms with Gasteiger partial charge in [-0.1, -0.05) is 23.4 Å². The highest BCUT2D eigenvalue weighted by Crippen LogP contribution is 2.25. The number of benzene rings is 1. The van der Waals surface area contributed by atoms with Crippen molar-refractivity contribution < 1.29 is 18.4 Å². The molecule has 0 aliphatic carbocycles. The predicted molar refractivity (Wildman–Crippen MR) is 108 cm³/mol. The maximum atomic E-state index is 14.2. The van der Waals surface area contributed by atoms with Gasteiger partial charge in [0, 0.05) is 17.8 Å². The SMILES string of the molecule is NC(=O)COCNc1ccnc(-c2cc(-c3ccon3)n(Cc3ccccc3F)n2)n1. The van der Waals surface area contributed by atoms with E-state index in [1.807, 2.05) is 0 Å². The lowest BCUT2D eigenvalue weighted by atomic mass is 10.2. The molecule has 0 saturated heterocycles. The minimum Gasteiger partial charge on any atom is -0.368 e. The third-order valence-corrected chi connectivity index (χ3v) is 4.24. The number of nitrogens with two attached hydrogens (primary N) is 1. The molecule has 0 spiro atoms. The van der Waals surface area contributed by atoms with Crippen LogP contribution < -0.4 is 11.1 Å². The van der Waals surface area contributed by atoms with Gasteiger partial charge in [-0.05, 0) is 18.2 Å². The normalized spacial score (nSPS) is 10.9. The number of aromatic nitrogens is 5. The largest absolute Gasteiger partial charge is 0.368 e. The predicted octanol–water partition coefficient (Wildman–Crippen LogP) is 2.05. The van der Waals surface area contributed by atoms with Crippen molar-refractivity contribution >= 4 is 11.7 Å². The zero-order chi connectivity index (χ0) is 21.6. The van der Waals surface area contributed by atoms with Gasteiger partial charge < -0.3 is 20.3 Å². The van der Waals surface area contributed by atoms with Crippen LogP contribution in [0.4, 0.5) is 10.2 Å². The first-order chi connectivity index (χ1) is 15.1. The van der Waals surface area contributed by atoms with Gasteiger partial charge in [-0.3, -0.25) is 9.48 Å². The van der Waals surface area contributed by atoms with E-state index in [4.69, 9.17) is 15.0 Å².